The zero-order valence-corrected chi connectivity index (χ0v) is 17.1. The minimum atomic E-state index is -4.25. The van der Waals surface area contributed by atoms with E-state index in [0.717, 1.165) is 25.6 Å². The number of aromatic amines is 1. The first-order valence-corrected chi connectivity index (χ1v) is 9.87. The molecule has 0 saturated carbocycles. The molecule has 0 radical (unpaired) electrons. The van der Waals surface area contributed by atoms with E-state index in [1.165, 1.54) is 0 Å². The van der Waals surface area contributed by atoms with Gasteiger partial charge in [-0.05, 0) is 59.2 Å². The van der Waals surface area contributed by atoms with E-state index >= 15 is 0 Å². The maximum Gasteiger partial charge on any atom is 0.401 e. The van der Waals surface area contributed by atoms with Crippen molar-refractivity contribution in [3.05, 3.63) is 51.4 Å². The topological polar surface area (TPSA) is 35.2 Å². The molecule has 27 heavy (non-hydrogen) atoms. The van der Waals surface area contributed by atoms with Gasteiger partial charge in [0.25, 0.3) is 0 Å². The lowest BCUT2D eigenvalue weighted by Gasteiger charge is -2.47. The molecule has 3 heterocycles. The first kappa shape index (κ1) is 18.8. The lowest BCUT2D eigenvalue weighted by molar-refractivity contribution is -0.159. The number of benzene rings is 1. The van der Waals surface area contributed by atoms with Gasteiger partial charge in [0.2, 0.25) is 0 Å². The molecule has 2 aliphatic rings. The van der Waals surface area contributed by atoms with Gasteiger partial charge < -0.3 is 4.90 Å². The number of fused-ring (bicyclic) bond motifs is 3. The number of rotatable bonds is 2. The Labute approximate surface area is 169 Å². The molecule has 0 spiro atoms. The van der Waals surface area contributed by atoms with Gasteiger partial charge in [0.15, 0.2) is 0 Å². The van der Waals surface area contributed by atoms with Crippen LogP contribution in [-0.2, 0) is 6.42 Å². The minimum absolute atomic E-state index is 0.170. The van der Waals surface area contributed by atoms with Gasteiger partial charge in [0, 0.05) is 28.3 Å². The summed E-state index contributed by atoms with van der Waals surface area (Å²) in [5.41, 5.74) is 2.98. The van der Waals surface area contributed by atoms with Crippen molar-refractivity contribution in [2.24, 2.45) is 0 Å². The number of hydrogen-bond donors (Lipinski definition) is 1. The SMILES string of the molecule is C[C@@H]1Cc2c(ccc3[nH]ncc23)[C@@H](C2C=CC(I)=CN2C)N1CC(F)(F)F. The van der Waals surface area contributed by atoms with E-state index in [1.807, 2.05) is 49.4 Å². The number of H-pyrrole nitrogens is 1. The standard InChI is InChI=1S/C19H20F3IN4/c1-11-7-14-13(4-5-16-15(14)8-24-25-16)18(27(11)10-19(20,21)22)17-6-3-12(23)9-26(17)2/h3-6,8-9,11,17-18H,7,10H2,1-2H3,(H,24,25)/t11-,17?,18+/m1/s1. The summed E-state index contributed by atoms with van der Waals surface area (Å²) in [6, 6.07) is 3.10. The van der Waals surface area contributed by atoms with Gasteiger partial charge in [0.1, 0.15) is 0 Å². The molecule has 2 aliphatic heterocycles. The van der Waals surface area contributed by atoms with Crippen LogP contribution in [0.5, 0.6) is 0 Å². The second kappa shape index (κ2) is 6.80. The number of nitrogens with one attached hydrogen (secondary N) is 1. The third-order valence-corrected chi connectivity index (χ3v) is 6.09. The van der Waals surface area contributed by atoms with Crippen LogP contribution in [0.25, 0.3) is 10.9 Å². The fourth-order valence-electron chi connectivity index (χ4n) is 4.28. The molecule has 4 rings (SSSR count). The Hall–Kier alpha value is -1.55. The number of allylic oxidation sites excluding steroid dienone is 2. The maximum absolute atomic E-state index is 13.4. The summed E-state index contributed by atoms with van der Waals surface area (Å²) in [6.07, 6.45) is 4.08. The van der Waals surface area contributed by atoms with Gasteiger partial charge in [-0.2, -0.15) is 18.3 Å². The van der Waals surface area contributed by atoms with Crippen LogP contribution in [0.4, 0.5) is 13.2 Å². The van der Waals surface area contributed by atoms with Gasteiger partial charge in [-0.15, -0.1) is 0 Å². The number of likely N-dealkylation sites (N-methyl/N-ethyl adjacent to an activating group) is 1. The molecule has 1 aromatic heterocycles. The van der Waals surface area contributed by atoms with E-state index in [-0.39, 0.29) is 18.1 Å². The van der Waals surface area contributed by atoms with Crippen molar-refractivity contribution < 1.29 is 13.2 Å². The minimum Gasteiger partial charge on any atom is -0.371 e. The van der Waals surface area contributed by atoms with E-state index < -0.39 is 12.7 Å². The Bertz CT molecular complexity index is 917. The van der Waals surface area contributed by atoms with E-state index in [9.17, 15) is 13.2 Å². The van der Waals surface area contributed by atoms with Crippen LogP contribution in [0.15, 0.2) is 40.3 Å². The highest BCUT2D eigenvalue weighted by Gasteiger charge is 2.43. The first-order valence-electron chi connectivity index (χ1n) is 8.79. The Balaban J connectivity index is 1.85. The largest absolute Gasteiger partial charge is 0.401 e. The molecule has 2 aromatic rings. The van der Waals surface area contributed by atoms with Gasteiger partial charge >= 0.3 is 6.18 Å². The Kier molecular flexibility index (Phi) is 4.74. The molecule has 1 N–H and O–H groups in total. The molecule has 0 aliphatic carbocycles. The van der Waals surface area contributed by atoms with Crippen LogP contribution in [0, 0.1) is 0 Å². The summed E-state index contributed by atoms with van der Waals surface area (Å²) >= 11 is 2.22. The van der Waals surface area contributed by atoms with Crippen LogP contribution in [0.2, 0.25) is 0 Å². The number of alkyl halides is 3. The second-order valence-corrected chi connectivity index (χ2v) is 8.52. The zero-order chi connectivity index (χ0) is 19.3. The molecule has 0 saturated heterocycles. The van der Waals surface area contributed by atoms with Gasteiger partial charge in [0.05, 0.1) is 30.3 Å². The predicted octanol–water partition coefficient (Wildman–Crippen LogP) is 4.56. The molecule has 144 valence electrons. The van der Waals surface area contributed by atoms with Crippen LogP contribution >= 0.6 is 22.6 Å². The Morgan fingerprint density at radius 3 is 2.81 bits per heavy atom. The van der Waals surface area contributed by atoms with Crippen molar-refractivity contribution in [3.8, 4) is 0 Å². The Morgan fingerprint density at radius 1 is 1.33 bits per heavy atom. The lowest BCUT2D eigenvalue weighted by atomic mass is 9.82. The molecular weight excluding hydrogens is 468 g/mol. The van der Waals surface area contributed by atoms with Crippen LogP contribution in [0.3, 0.4) is 0 Å². The summed E-state index contributed by atoms with van der Waals surface area (Å²) in [7, 11) is 1.92. The Morgan fingerprint density at radius 2 is 2.11 bits per heavy atom. The number of aromatic nitrogens is 2. The number of hydrogen-bond acceptors (Lipinski definition) is 3. The number of halogens is 4. The van der Waals surface area contributed by atoms with Crippen molar-refractivity contribution in [2.45, 2.75) is 37.6 Å². The zero-order valence-electron chi connectivity index (χ0n) is 15.0. The third kappa shape index (κ3) is 3.49. The summed E-state index contributed by atoms with van der Waals surface area (Å²) in [6.45, 7) is 0.966. The molecular formula is C19H20F3IN4. The van der Waals surface area contributed by atoms with Crippen LogP contribution in [0.1, 0.15) is 24.1 Å². The van der Waals surface area contributed by atoms with Crippen molar-refractivity contribution in [1.29, 1.82) is 0 Å². The predicted molar refractivity (Wildman–Crippen MR) is 108 cm³/mol. The van der Waals surface area contributed by atoms with E-state index in [2.05, 4.69) is 32.8 Å². The van der Waals surface area contributed by atoms with Gasteiger partial charge in [-0.3, -0.25) is 10.00 Å². The monoisotopic (exact) mass is 488 g/mol. The molecule has 8 heteroatoms. The molecule has 0 amide bonds. The first-order chi connectivity index (χ1) is 12.7. The smallest absolute Gasteiger partial charge is 0.371 e. The van der Waals surface area contributed by atoms with Gasteiger partial charge in [-0.25, -0.2) is 0 Å². The van der Waals surface area contributed by atoms with Gasteiger partial charge in [-0.1, -0.05) is 12.1 Å². The highest BCUT2D eigenvalue weighted by molar-refractivity contribution is 14.1. The molecule has 4 nitrogen and oxygen atoms in total. The van der Waals surface area contributed by atoms with E-state index in [4.69, 9.17) is 0 Å². The molecule has 0 bridgehead atoms. The van der Waals surface area contributed by atoms with Crippen molar-refractivity contribution >= 4 is 33.5 Å². The van der Waals surface area contributed by atoms with Crippen molar-refractivity contribution in [2.75, 3.05) is 13.6 Å². The summed E-state index contributed by atoms with van der Waals surface area (Å²) < 4.78 is 41.2. The van der Waals surface area contributed by atoms with Crippen LogP contribution < -0.4 is 0 Å². The highest BCUT2D eigenvalue weighted by Crippen LogP contribution is 2.42. The average molecular weight is 488 g/mol. The molecule has 3 atom stereocenters. The summed E-state index contributed by atoms with van der Waals surface area (Å²) in [4.78, 5) is 3.61. The summed E-state index contributed by atoms with van der Waals surface area (Å²) in [5, 5.41) is 8.09. The van der Waals surface area contributed by atoms with Crippen LogP contribution in [-0.4, -0.2) is 51.8 Å². The van der Waals surface area contributed by atoms with E-state index in [1.54, 1.807) is 11.1 Å². The normalized spacial score (nSPS) is 26.4. The van der Waals surface area contributed by atoms with E-state index in [0.29, 0.717) is 6.42 Å². The van der Waals surface area contributed by atoms with Crippen molar-refractivity contribution in [1.82, 2.24) is 20.0 Å². The lowest BCUT2D eigenvalue weighted by Crippen LogP contribution is -2.52. The highest BCUT2D eigenvalue weighted by atomic mass is 127. The summed E-state index contributed by atoms with van der Waals surface area (Å²) in [5.74, 6) is 0. The quantitative estimate of drug-likeness (QED) is 0.630. The molecule has 1 unspecified atom stereocenters. The molecule has 0 fully saturated rings. The van der Waals surface area contributed by atoms with Crippen molar-refractivity contribution in [3.63, 3.8) is 0 Å². The number of nitrogens with zero attached hydrogens (tertiary/aromatic N) is 3. The maximum atomic E-state index is 13.4. The third-order valence-electron chi connectivity index (χ3n) is 5.45. The molecule has 1 aromatic carbocycles. The fraction of sp³-hybridized carbons (Fsp3) is 0.421. The fourth-order valence-corrected chi connectivity index (χ4v) is 4.93. The average Bonchev–Trinajstić information content (AvgIpc) is 3.04. The second-order valence-electron chi connectivity index (χ2n) is 7.28.